The number of aromatic nitrogens is 3. The monoisotopic (exact) mass is 309 g/mol. The molecule has 0 aliphatic carbocycles. The van der Waals surface area contributed by atoms with Crippen molar-refractivity contribution in [3.8, 4) is 0 Å². The molecule has 0 radical (unpaired) electrons. The van der Waals surface area contributed by atoms with Gasteiger partial charge in [-0.05, 0) is 18.2 Å². The van der Waals surface area contributed by atoms with Crippen LogP contribution in [0.5, 0.6) is 0 Å². The quantitative estimate of drug-likeness (QED) is 0.642. The van der Waals surface area contributed by atoms with E-state index in [0.29, 0.717) is 16.4 Å². The van der Waals surface area contributed by atoms with Crippen molar-refractivity contribution in [2.24, 2.45) is 0 Å². The molecule has 3 N–H and O–H groups in total. The molecule has 0 aliphatic heterocycles. The minimum atomic E-state index is -0.670. The van der Waals surface area contributed by atoms with Gasteiger partial charge in [-0.1, -0.05) is 11.6 Å². The fraction of sp³-hybridized carbons (Fsp3) is 0.167. The summed E-state index contributed by atoms with van der Waals surface area (Å²) >= 11 is 5.77. The average Bonchev–Trinajstić information content (AvgIpc) is 2.89. The number of rotatable bonds is 4. The minimum absolute atomic E-state index is 0.115. The van der Waals surface area contributed by atoms with E-state index in [2.05, 4.69) is 20.1 Å². The van der Waals surface area contributed by atoms with Crippen LogP contribution in [-0.4, -0.2) is 33.8 Å². The zero-order valence-electron chi connectivity index (χ0n) is 11.0. The lowest BCUT2D eigenvalue weighted by molar-refractivity contribution is -0.116. The van der Waals surface area contributed by atoms with E-state index in [-0.39, 0.29) is 18.3 Å². The Labute approximate surface area is 124 Å². The van der Waals surface area contributed by atoms with Crippen LogP contribution in [0.25, 0.3) is 0 Å². The van der Waals surface area contributed by atoms with Crippen LogP contribution in [0.1, 0.15) is 10.6 Å². The number of carbonyl (C=O) groups is 2. The first kappa shape index (κ1) is 14.8. The molecule has 9 heteroatoms. The molecule has 0 bridgehead atoms. The minimum Gasteiger partial charge on any atom is -0.463 e. The van der Waals surface area contributed by atoms with Gasteiger partial charge in [-0.25, -0.2) is 14.5 Å². The Balaban J connectivity index is 2.01. The first-order valence-electron chi connectivity index (χ1n) is 5.82. The number of amides is 1. The third kappa shape index (κ3) is 3.69. The zero-order valence-corrected chi connectivity index (χ0v) is 11.8. The molecule has 8 nitrogen and oxygen atoms in total. The Morgan fingerprint density at radius 1 is 1.48 bits per heavy atom. The van der Waals surface area contributed by atoms with Gasteiger partial charge in [-0.2, -0.15) is 0 Å². The number of nitrogens with one attached hydrogen (secondary N) is 1. The Hall–Kier alpha value is -2.61. The number of methoxy groups -OCH3 is 1. The lowest BCUT2D eigenvalue weighted by atomic mass is 10.2. The smallest absolute Gasteiger partial charge is 0.377 e. The third-order valence-electron chi connectivity index (χ3n) is 2.50. The van der Waals surface area contributed by atoms with Crippen LogP contribution in [0.4, 0.5) is 11.4 Å². The van der Waals surface area contributed by atoms with Crippen LogP contribution in [-0.2, 0) is 16.1 Å². The van der Waals surface area contributed by atoms with Gasteiger partial charge >= 0.3 is 5.97 Å². The highest BCUT2D eigenvalue weighted by Crippen LogP contribution is 2.22. The number of carbonyl (C=O) groups excluding carboxylic acids is 2. The van der Waals surface area contributed by atoms with Crippen molar-refractivity contribution in [2.45, 2.75) is 6.54 Å². The molecular formula is C12H12ClN5O3. The van der Waals surface area contributed by atoms with Gasteiger partial charge in [0.2, 0.25) is 5.91 Å². The summed E-state index contributed by atoms with van der Waals surface area (Å²) in [5, 5.41) is 6.90. The molecule has 2 aromatic rings. The van der Waals surface area contributed by atoms with E-state index in [0.717, 1.165) is 0 Å². The molecule has 0 spiro atoms. The Morgan fingerprint density at radius 2 is 2.24 bits per heavy atom. The lowest BCUT2D eigenvalue weighted by Crippen LogP contribution is -2.20. The molecule has 1 amide bonds. The summed E-state index contributed by atoms with van der Waals surface area (Å²) in [5.41, 5.74) is 6.52. The number of nitrogens with two attached hydrogens (primary N) is 1. The van der Waals surface area contributed by atoms with Gasteiger partial charge in [0.15, 0.2) is 0 Å². The highest BCUT2D eigenvalue weighted by atomic mass is 35.5. The van der Waals surface area contributed by atoms with E-state index in [1.165, 1.54) is 24.2 Å². The van der Waals surface area contributed by atoms with Gasteiger partial charge in [-0.3, -0.25) is 4.79 Å². The molecular weight excluding hydrogens is 298 g/mol. The van der Waals surface area contributed by atoms with E-state index < -0.39 is 5.97 Å². The Morgan fingerprint density at radius 3 is 2.90 bits per heavy atom. The molecule has 0 unspecified atom stereocenters. The van der Waals surface area contributed by atoms with Crippen molar-refractivity contribution in [2.75, 3.05) is 18.2 Å². The highest BCUT2D eigenvalue weighted by Gasteiger charge is 2.13. The number of nitrogen functional groups attached to an aromatic ring is 1. The summed E-state index contributed by atoms with van der Waals surface area (Å²) in [6, 6.07) is 4.73. The summed E-state index contributed by atoms with van der Waals surface area (Å²) in [4.78, 5) is 26.8. The van der Waals surface area contributed by atoms with Crippen LogP contribution in [0, 0.1) is 0 Å². The van der Waals surface area contributed by atoms with Gasteiger partial charge in [0, 0.05) is 5.02 Å². The third-order valence-corrected chi connectivity index (χ3v) is 2.73. The molecule has 0 saturated carbocycles. The SMILES string of the molecule is COC(=O)c1ncn(CC(=O)Nc2ccc(Cl)cc2N)n1. The van der Waals surface area contributed by atoms with Crippen LogP contribution < -0.4 is 11.1 Å². The largest absolute Gasteiger partial charge is 0.463 e. The first-order chi connectivity index (χ1) is 9.99. The molecule has 2 rings (SSSR count). The van der Waals surface area contributed by atoms with E-state index in [4.69, 9.17) is 17.3 Å². The number of hydrogen-bond donors (Lipinski definition) is 2. The number of anilines is 2. The van der Waals surface area contributed by atoms with E-state index >= 15 is 0 Å². The highest BCUT2D eigenvalue weighted by molar-refractivity contribution is 6.31. The zero-order chi connectivity index (χ0) is 15.4. The maximum absolute atomic E-state index is 11.9. The van der Waals surface area contributed by atoms with Crippen molar-refractivity contribution in [3.05, 3.63) is 35.4 Å². The molecule has 0 aliphatic rings. The van der Waals surface area contributed by atoms with Crippen LogP contribution >= 0.6 is 11.6 Å². The van der Waals surface area contributed by atoms with Gasteiger partial charge in [0.1, 0.15) is 12.9 Å². The van der Waals surface area contributed by atoms with Gasteiger partial charge in [0.05, 0.1) is 18.5 Å². The second kappa shape index (κ2) is 6.23. The fourth-order valence-corrected chi connectivity index (χ4v) is 1.72. The Bertz CT molecular complexity index is 685. The van der Waals surface area contributed by atoms with Gasteiger partial charge < -0.3 is 15.8 Å². The number of ether oxygens (including phenoxy) is 1. The van der Waals surface area contributed by atoms with Crippen molar-refractivity contribution in [3.63, 3.8) is 0 Å². The average molecular weight is 310 g/mol. The number of halogens is 1. The summed E-state index contributed by atoms with van der Waals surface area (Å²) < 4.78 is 5.69. The van der Waals surface area contributed by atoms with Gasteiger partial charge in [-0.15, -0.1) is 5.10 Å². The van der Waals surface area contributed by atoms with Crippen LogP contribution in [0.15, 0.2) is 24.5 Å². The lowest BCUT2D eigenvalue weighted by Gasteiger charge is -2.08. The molecule has 0 fully saturated rings. The second-order valence-electron chi connectivity index (χ2n) is 4.04. The van der Waals surface area contributed by atoms with Crippen molar-refractivity contribution < 1.29 is 14.3 Å². The normalized spacial score (nSPS) is 10.2. The molecule has 1 aromatic carbocycles. The topological polar surface area (TPSA) is 112 Å². The van der Waals surface area contributed by atoms with E-state index in [9.17, 15) is 9.59 Å². The standard InChI is InChI=1S/C12H12ClN5O3/c1-21-12(20)11-15-6-18(17-11)5-10(19)16-9-3-2-7(13)4-8(9)14/h2-4,6H,5,14H2,1H3,(H,16,19). The predicted molar refractivity (Wildman–Crippen MR) is 75.9 cm³/mol. The molecule has 1 heterocycles. The molecule has 110 valence electrons. The number of esters is 1. The van der Waals surface area contributed by atoms with Crippen molar-refractivity contribution in [1.29, 1.82) is 0 Å². The summed E-state index contributed by atoms with van der Waals surface area (Å²) in [7, 11) is 1.22. The maximum Gasteiger partial charge on any atom is 0.377 e. The molecule has 21 heavy (non-hydrogen) atoms. The number of nitrogens with zero attached hydrogens (tertiary/aromatic N) is 3. The fourth-order valence-electron chi connectivity index (χ4n) is 1.54. The maximum atomic E-state index is 11.9. The molecule has 0 atom stereocenters. The number of hydrogen-bond acceptors (Lipinski definition) is 6. The second-order valence-corrected chi connectivity index (χ2v) is 4.47. The predicted octanol–water partition coefficient (Wildman–Crippen LogP) is 0.939. The van der Waals surface area contributed by atoms with E-state index in [1.807, 2.05) is 0 Å². The van der Waals surface area contributed by atoms with Crippen molar-refractivity contribution >= 4 is 34.9 Å². The summed E-state index contributed by atoms with van der Waals surface area (Å²) in [6.07, 6.45) is 1.26. The van der Waals surface area contributed by atoms with E-state index in [1.54, 1.807) is 12.1 Å². The summed E-state index contributed by atoms with van der Waals surface area (Å²) in [6.45, 7) is -0.119. The first-order valence-corrected chi connectivity index (χ1v) is 6.20. The summed E-state index contributed by atoms with van der Waals surface area (Å²) in [5.74, 6) is -1.15. The molecule has 0 saturated heterocycles. The molecule has 1 aromatic heterocycles. The van der Waals surface area contributed by atoms with Crippen LogP contribution in [0.2, 0.25) is 5.02 Å². The van der Waals surface area contributed by atoms with Crippen LogP contribution in [0.3, 0.4) is 0 Å². The Kier molecular flexibility index (Phi) is 4.39. The van der Waals surface area contributed by atoms with Crippen molar-refractivity contribution in [1.82, 2.24) is 14.8 Å². The van der Waals surface area contributed by atoms with Gasteiger partial charge in [0.25, 0.3) is 5.82 Å². The number of benzene rings is 1.